The Morgan fingerprint density at radius 3 is 2.50 bits per heavy atom. The smallest absolute Gasteiger partial charge is 0.248 e. The number of H-pyrrole nitrogens is 1. The molecule has 0 aromatic carbocycles. The number of carbonyl (C=O) groups excluding carboxylic acids is 2. The summed E-state index contributed by atoms with van der Waals surface area (Å²) in [6, 6.07) is 1.32. The van der Waals surface area contributed by atoms with Crippen molar-refractivity contribution in [1.29, 1.82) is 0 Å². The number of rotatable bonds is 2. The molecule has 0 saturated carbocycles. The van der Waals surface area contributed by atoms with E-state index in [0.29, 0.717) is 23.3 Å². The molecular weight excluding hydrogens is 308 g/mol. The predicted molar refractivity (Wildman–Crippen MR) is 88.8 cm³/mol. The summed E-state index contributed by atoms with van der Waals surface area (Å²) < 4.78 is 0. The molecule has 6 nitrogen and oxygen atoms in total. The number of hydrogen-bond donors (Lipinski definition) is 2. The molecule has 1 aromatic heterocycles. The summed E-state index contributed by atoms with van der Waals surface area (Å²) in [6.07, 6.45) is 0.610. The van der Waals surface area contributed by atoms with Crippen molar-refractivity contribution in [1.82, 2.24) is 9.88 Å². The summed E-state index contributed by atoms with van der Waals surface area (Å²) in [5.74, 6) is -0.531. The van der Waals surface area contributed by atoms with Gasteiger partial charge in [-0.3, -0.25) is 14.4 Å². The lowest BCUT2D eigenvalue weighted by atomic mass is 9.82. The number of nitrogens with one attached hydrogen (secondary N) is 1. The molecule has 0 amide bonds. The minimum absolute atomic E-state index is 0.0133. The minimum atomic E-state index is -0.971. The van der Waals surface area contributed by atoms with Crippen LogP contribution in [0.25, 0.3) is 0 Å². The van der Waals surface area contributed by atoms with E-state index in [-0.39, 0.29) is 28.7 Å². The Bertz CT molecular complexity index is 873. The van der Waals surface area contributed by atoms with Gasteiger partial charge < -0.3 is 15.0 Å². The number of carbonyl (C=O) groups is 2. The Kier molecular flexibility index (Phi) is 3.80. The van der Waals surface area contributed by atoms with Crippen molar-refractivity contribution < 1.29 is 14.7 Å². The van der Waals surface area contributed by atoms with Gasteiger partial charge in [-0.1, -0.05) is 13.8 Å². The fourth-order valence-electron chi connectivity index (χ4n) is 3.38. The van der Waals surface area contributed by atoms with Gasteiger partial charge in [-0.25, -0.2) is 0 Å². The van der Waals surface area contributed by atoms with E-state index in [0.717, 1.165) is 0 Å². The van der Waals surface area contributed by atoms with E-state index in [1.807, 2.05) is 13.8 Å². The molecule has 1 aliphatic heterocycles. The third-order valence-corrected chi connectivity index (χ3v) is 4.34. The van der Waals surface area contributed by atoms with Crippen LogP contribution in [0.2, 0.25) is 0 Å². The highest BCUT2D eigenvalue weighted by molar-refractivity contribution is 6.28. The maximum absolute atomic E-state index is 13.0. The Morgan fingerprint density at radius 2 is 1.88 bits per heavy atom. The Balaban J connectivity index is 2.27. The number of hydrogen-bond acceptors (Lipinski definition) is 5. The Morgan fingerprint density at radius 1 is 1.21 bits per heavy atom. The normalized spacial score (nSPS) is 20.3. The third kappa shape index (κ3) is 2.34. The summed E-state index contributed by atoms with van der Waals surface area (Å²) in [7, 11) is 0. The van der Waals surface area contributed by atoms with Crippen molar-refractivity contribution in [3.8, 4) is 0 Å². The molecule has 6 heteroatoms. The van der Waals surface area contributed by atoms with E-state index in [4.69, 9.17) is 0 Å². The highest BCUT2D eigenvalue weighted by Gasteiger charge is 2.41. The van der Waals surface area contributed by atoms with Crippen molar-refractivity contribution >= 4 is 11.6 Å². The van der Waals surface area contributed by atoms with Crippen molar-refractivity contribution in [2.24, 2.45) is 5.92 Å². The van der Waals surface area contributed by atoms with Gasteiger partial charge in [-0.2, -0.15) is 0 Å². The SMILES string of the molecule is CC1=CC(O)N(CC(C)C)C2=C1C(=O)c1c(C)cc(=O)[nH]c1C2=O. The number of pyridine rings is 1. The number of aryl methyl sites for hydroxylation is 1. The summed E-state index contributed by atoms with van der Waals surface area (Å²) in [5.41, 5.74) is 1.38. The molecule has 1 aliphatic carbocycles. The van der Waals surface area contributed by atoms with E-state index in [9.17, 15) is 19.5 Å². The quantitative estimate of drug-likeness (QED) is 0.860. The van der Waals surface area contributed by atoms with Crippen LogP contribution in [-0.4, -0.2) is 39.3 Å². The number of aromatic amines is 1. The molecule has 1 unspecified atom stereocenters. The third-order valence-electron chi connectivity index (χ3n) is 4.34. The molecule has 0 spiro atoms. The average molecular weight is 328 g/mol. The summed E-state index contributed by atoms with van der Waals surface area (Å²) >= 11 is 0. The van der Waals surface area contributed by atoms with E-state index in [1.54, 1.807) is 19.9 Å². The van der Waals surface area contributed by atoms with Crippen molar-refractivity contribution in [2.75, 3.05) is 6.54 Å². The number of aromatic nitrogens is 1. The topological polar surface area (TPSA) is 90.5 Å². The lowest BCUT2D eigenvalue weighted by Crippen LogP contribution is -2.45. The highest BCUT2D eigenvalue weighted by atomic mass is 16.3. The lowest BCUT2D eigenvalue weighted by molar-refractivity contribution is 0.0488. The van der Waals surface area contributed by atoms with Crippen LogP contribution in [0, 0.1) is 12.8 Å². The van der Waals surface area contributed by atoms with Crippen LogP contribution in [-0.2, 0) is 0 Å². The second-order valence-electron chi connectivity index (χ2n) is 6.76. The maximum atomic E-state index is 13.0. The zero-order valence-electron chi connectivity index (χ0n) is 14.1. The van der Waals surface area contributed by atoms with Gasteiger partial charge in [0.25, 0.3) is 0 Å². The molecule has 2 N–H and O–H groups in total. The van der Waals surface area contributed by atoms with Crippen LogP contribution < -0.4 is 5.56 Å². The van der Waals surface area contributed by atoms with Crippen LogP contribution >= 0.6 is 0 Å². The molecule has 2 aliphatic rings. The van der Waals surface area contributed by atoms with E-state index in [2.05, 4.69) is 4.98 Å². The number of fused-ring (bicyclic) bond motifs is 1. The minimum Gasteiger partial charge on any atom is -0.370 e. The Hall–Kier alpha value is -2.47. The van der Waals surface area contributed by atoms with Crippen molar-refractivity contribution in [2.45, 2.75) is 33.9 Å². The molecule has 1 aromatic rings. The number of aliphatic hydroxyl groups excluding tert-OH is 1. The van der Waals surface area contributed by atoms with Crippen LogP contribution in [0.3, 0.4) is 0 Å². The molecule has 1 atom stereocenters. The molecule has 0 saturated heterocycles. The monoisotopic (exact) mass is 328 g/mol. The largest absolute Gasteiger partial charge is 0.370 e. The Labute approximate surface area is 139 Å². The molecular formula is C18H20N2O4. The van der Waals surface area contributed by atoms with Gasteiger partial charge in [0.1, 0.15) is 17.6 Å². The number of ketones is 2. The van der Waals surface area contributed by atoms with Gasteiger partial charge in [0, 0.05) is 12.6 Å². The number of nitrogens with zero attached hydrogens (tertiary/aromatic N) is 1. The zero-order valence-corrected chi connectivity index (χ0v) is 14.1. The van der Waals surface area contributed by atoms with Gasteiger partial charge in [-0.15, -0.1) is 0 Å². The number of aliphatic hydroxyl groups is 1. The van der Waals surface area contributed by atoms with Crippen LogP contribution in [0.15, 0.2) is 33.8 Å². The van der Waals surface area contributed by atoms with Crippen LogP contribution in [0.5, 0.6) is 0 Å². The van der Waals surface area contributed by atoms with Gasteiger partial charge >= 0.3 is 0 Å². The van der Waals surface area contributed by atoms with Gasteiger partial charge in [0.05, 0.1) is 11.1 Å². The first-order valence-electron chi connectivity index (χ1n) is 7.93. The summed E-state index contributed by atoms with van der Waals surface area (Å²) in [6.45, 7) is 7.71. The van der Waals surface area contributed by atoms with Crippen molar-refractivity contribution in [3.63, 3.8) is 0 Å². The molecule has 0 fully saturated rings. The fourth-order valence-corrected chi connectivity index (χ4v) is 3.38. The summed E-state index contributed by atoms with van der Waals surface area (Å²) in [5, 5.41) is 10.4. The van der Waals surface area contributed by atoms with Crippen molar-refractivity contribution in [3.05, 3.63) is 56.2 Å². The molecule has 0 bridgehead atoms. The second kappa shape index (κ2) is 5.56. The van der Waals surface area contributed by atoms with E-state index < -0.39 is 17.6 Å². The number of Topliss-reactive ketones (excluding diaryl/α,β-unsaturated/α-hetero) is 2. The van der Waals surface area contributed by atoms with Crippen LogP contribution in [0.4, 0.5) is 0 Å². The molecule has 126 valence electrons. The first kappa shape index (κ1) is 16.4. The standard InChI is InChI=1S/C18H20N2O4/c1-8(2)7-20-12(22)6-10(4)14-16(20)18(24)15-13(17(14)23)9(3)5-11(21)19-15/h5-6,8,12,22H,7H2,1-4H3,(H,19,21). The summed E-state index contributed by atoms with van der Waals surface area (Å²) in [4.78, 5) is 41.8. The predicted octanol–water partition coefficient (Wildman–Crippen LogP) is 1.55. The van der Waals surface area contributed by atoms with Gasteiger partial charge in [-0.05, 0) is 37.0 Å². The first-order chi connectivity index (χ1) is 11.2. The molecule has 2 heterocycles. The molecule has 3 rings (SSSR count). The second-order valence-corrected chi connectivity index (χ2v) is 6.76. The molecule has 0 radical (unpaired) electrons. The van der Waals surface area contributed by atoms with Gasteiger partial charge in [0.2, 0.25) is 11.3 Å². The van der Waals surface area contributed by atoms with Crippen LogP contribution in [0.1, 0.15) is 47.2 Å². The van der Waals surface area contributed by atoms with E-state index >= 15 is 0 Å². The maximum Gasteiger partial charge on any atom is 0.248 e. The number of allylic oxidation sites excluding steroid dienone is 3. The van der Waals surface area contributed by atoms with Gasteiger partial charge in [0.15, 0.2) is 5.78 Å². The van der Waals surface area contributed by atoms with E-state index in [1.165, 1.54) is 11.0 Å². The lowest BCUT2D eigenvalue weighted by Gasteiger charge is -2.38. The first-order valence-corrected chi connectivity index (χ1v) is 7.93. The zero-order chi connectivity index (χ0) is 17.8. The highest BCUT2D eigenvalue weighted by Crippen LogP contribution is 2.36. The molecule has 24 heavy (non-hydrogen) atoms. The fraction of sp³-hybridized carbons (Fsp3) is 0.389. The average Bonchev–Trinajstić information content (AvgIpc) is 2.46.